The fourth-order valence-electron chi connectivity index (χ4n) is 2.11. The van der Waals surface area contributed by atoms with Gasteiger partial charge in [0, 0.05) is 11.8 Å². The van der Waals surface area contributed by atoms with Crippen molar-refractivity contribution in [3.63, 3.8) is 0 Å². The Bertz CT molecular complexity index is 678. The van der Waals surface area contributed by atoms with Gasteiger partial charge in [0.2, 0.25) is 6.79 Å². The number of hydrogen-bond acceptors (Lipinski definition) is 5. The third-order valence-corrected chi connectivity index (χ3v) is 2.90. The Kier molecular flexibility index (Phi) is 2.41. The number of aryl methyl sites for hydroxylation is 2. The van der Waals surface area contributed by atoms with E-state index in [0.29, 0.717) is 17.2 Å². The molecule has 0 atom stereocenters. The summed E-state index contributed by atoms with van der Waals surface area (Å²) in [6.45, 7) is 3.75. The van der Waals surface area contributed by atoms with Crippen molar-refractivity contribution < 1.29 is 14.4 Å². The lowest BCUT2D eigenvalue weighted by Crippen LogP contribution is -2.03. The SMILES string of the molecule is Cc1cc(C)n(-c2cc3c(cc2[N+](=O)[O-])OCO3)n1. The zero-order chi connectivity index (χ0) is 13.6. The van der Waals surface area contributed by atoms with Crippen molar-refractivity contribution in [1.29, 1.82) is 0 Å². The van der Waals surface area contributed by atoms with Crippen LogP contribution in [0.4, 0.5) is 5.69 Å². The number of hydrogen-bond donors (Lipinski definition) is 0. The number of nitro benzene ring substituents is 1. The molecule has 2 aromatic rings. The maximum atomic E-state index is 11.2. The third-order valence-electron chi connectivity index (χ3n) is 2.90. The van der Waals surface area contributed by atoms with Crippen LogP contribution in [0.3, 0.4) is 0 Å². The van der Waals surface area contributed by atoms with Gasteiger partial charge in [0.1, 0.15) is 5.69 Å². The average molecular weight is 261 g/mol. The van der Waals surface area contributed by atoms with Crippen molar-refractivity contribution in [2.24, 2.45) is 0 Å². The summed E-state index contributed by atoms with van der Waals surface area (Å²) in [7, 11) is 0. The Balaban J connectivity index is 2.25. The van der Waals surface area contributed by atoms with Gasteiger partial charge in [-0.3, -0.25) is 10.1 Å². The molecule has 1 aromatic heterocycles. The minimum Gasteiger partial charge on any atom is -0.454 e. The molecule has 0 amide bonds. The number of nitrogens with zero attached hydrogens (tertiary/aromatic N) is 3. The monoisotopic (exact) mass is 261 g/mol. The first-order valence-corrected chi connectivity index (χ1v) is 5.68. The summed E-state index contributed by atoms with van der Waals surface area (Å²) >= 11 is 0. The number of benzene rings is 1. The number of aromatic nitrogens is 2. The van der Waals surface area contributed by atoms with Crippen LogP contribution in [0.5, 0.6) is 11.5 Å². The smallest absolute Gasteiger partial charge is 0.298 e. The van der Waals surface area contributed by atoms with Crippen LogP contribution in [0.25, 0.3) is 5.69 Å². The summed E-state index contributed by atoms with van der Waals surface area (Å²) in [6, 6.07) is 4.81. The van der Waals surface area contributed by atoms with Gasteiger partial charge in [0.05, 0.1) is 16.7 Å². The maximum absolute atomic E-state index is 11.2. The Morgan fingerprint density at radius 1 is 1.26 bits per heavy atom. The molecule has 0 N–H and O–H groups in total. The lowest BCUT2D eigenvalue weighted by Gasteiger charge is -2.06. The van der Waals surface area contributed by atoms with Gasteiger partial charge in [-0.2, -0.15) is 5.10 Å². The Morgan fingerprint density at radius 2 is 1.95 bits per heavy atom. The van der Waals surface area contributed by atoms with E-state index in [9.17, 15) is 10.1 Å². The molecule has 98 valence electrons. The molecule has 2 heterocycles. The molecule has 0 saturated carbocycles. The van der Waals surface area contributed by atoms with Crippen LogP contribution >= 0.6 is 0 Å². The predicted molar refractivity (Wildman–Crippen MR) is 65.8 cm³/mol. The van der Waals surface area contributed by atoms with E-state index < -0.39 is 4.92 Å². The first-order chi connectivity index (χ1) is 9.06. The molecule has 1 aliphatic heterocycles. The molecule has 0 saturated heterocycles. The van der Waals surface area contributed by atoms with Crippen molar-refractivity contribution in [3.05, 3.63) is 39.7 Å². The van der Waals surface area contributed by atoms with E-state index in [2.05, 4.69) is 5.10 Å². The molecule has 0 fully saturated rings. The third kappa shape index (κ3) is 1.79. The van der Waals surface area contributed by atoms with Crippen molar-refractivity contribution in [2.75, 3.05) is 6.79 Å². The van der Waals surface area contributed by atoms with Crippen LogP contribution < -0.4 is 9.47 Å². The van der Waals surface area contributed by atoms with Gasteiger partial charge in [-0.05, 0) is 19.9 Å². The minimum atomic E-state index is -0.451. The molecular weight excluding hydrogens is 250 g/mol. The van der Waals surface area contributed by atoms with Gasteiger partial charge in [-0.1, -0.05) is 0 Å². The van der Waals surface area contributed by atoms with Crippen LogP contribution in [0, 0.1) is 24.0 Å². The highest BCUT2D eigenvalue weighted by Crippen LogP contribution is 2.39. The summed E-state index contributed by atoms with van der Waals surface area (Å²) in [6.07, 6.45) is 0. The van der Waals surface area contributed by atoms with E-state index >= 15 is 0 Å². The molecule has 1 aliphatic rings. The number of nitro groups is 1. The molecular formula is C12H11N3O4. The molecule has 0 aliphatic carbocycles. The predicted octanol–water partition coefficient (Wildman–Crippen LogP) is 2.13. The first kappa shape index (κ1) is 11.5. The fourth-order valence-corrected chi connectivity index (χ4v) is 2.11. The van der Waals surface area contributed by atoms with Crippen LogP contribution in [0.15, 0.2) is 18.2 Å². The van der Waals surface area contributed by atoms with E-state index in [1.165, 1.54) is 10.7 Å². The Hall–Kier alpha value is -2.57. The van der Waals surface area contributed by atoms with Crippen LogP contribution in [-0.4, -0.2) is 21.5 Å². The van der Waals surface area contributed by atoms with E-state index in [1.54, 1.807) is 6.07 Å². The highest BCUT2D eigenvalue weighted by molar-refractivity contribution is 5.62. The molecule has 19 heavy (non-hydrogen) atoms. The fraction of sp³-hybridized carbons (Fsp3) is 0.250. The minimum absolute atomic E-state index is 0.0598. The number of ether oxygens (including phenoxy) is 2. The van der Waals surface area contributed by atoms with Gasteiger partial charge in [-0.15, -0.1) is 0 Å². The molecule has 1 aromatic carbocycles. The van der Waals surface area contributed by atoms with Crippen molar-refractivity contribution in [1.82, 2.24) is 9.78 Å². The average Bonchev–Trinajstić information content (AvgIpc) is 2.92. The van der Waals surface area contributed by atoms with Crippen LogP contribution in [0.2, 0.25) is 0 Å². The largest absolute Gasteiger partial charge is 0.454 e. The van der Waals surface area contributed by atoms with E-state index in [4.69, 9.17) is 9.47 Å². The second kappa shape index (κ2) is 3.98. The summed E-state index contributed by atoms with van der Waals surface area (Å²) < 4.78 is 12.0. The van der Waals surface area contributed by atoms with E-state index in [-0.39, 0.29) is 12.5 Å². The zero-order valence-electron chi connectivity index (χ0n) is 10.4. The van der Waals surface area contributed by atoms with Crippen molar-refractivity contribution in [2.45, 2.75) is 13.8 Å². The first-order valence-electron chi connectivity index (χ1n) is 5.68. The summed E-state index contributed by atoms with van der Waals surface area (Å²) in [4.78, 5) is 10.7. The van der Waals surface area contributed by atoms with Gasteiger partial charge in [-0.25, -0.2) is 4.68 Å². The topological polar surface area (TPSA) is 79.4 Å². The van der Waals surface area contributed by atoms with Crippen molar-refractivity contribution >= 4 is 5.69 Å². The number of fused-ring (bicyclic) bond motifs is 1. The molecule has 0 spiro atoms. The van der Waals surface area contributed by atoms with E-state index in [1.807, 2.05) is 19.9 Å². The normalized spacial score (nSPS) is 12.7. The Labute approximate surface area is 108 Å². The van der Waals surface area contributed by atoms with Gasteiger partial charge >= 0.3 is 0 Å². The summed E-state index contributed by atoms with van der Waals surface area (Å²) in [5.41, 5.74) is 1.93. The van der Waals surface area contributed by atoms with Gasteiger partial charge in [0.15, 0.2) is 11.5 Å². The summed E-state index contributed by atoms with van der Waals surface area (Å²) in [5.74, 6) is 0.880. The highest BCUT2D eigenvalue weighted by atomic mass is 16.7. The quantitative estimate of drug-likeness (QED) is 0.611. The van der Waals surface area contributed by atoms with Crippen molar-refractivity contribution in [3.8, 4) is 17.2 Å². The van der Waals surface area contributed by atoms with Gasteiger partial charge < -0.3 is 9.47 Å². The van der Waals surface area contributed by atoms with Gasteiger partial charge in [0.25, 0.3) is 5.69 Å². The van der Waals surface area contributed by atoms with E-state index in [0.717, 1.165) is 11.4 Å². The summed E-state index contributed by atoms with van der Waals surface area (Å²) in [5, 5.41) is 15.4. The second-order valence-electron chi connectivity index (χ2n) is 4.29. The lowest BCUT2D eigenvalue weighted by molar-refractivity contribution is -0.384. The molecule has 7 heteroatoms. The van der Waals surface area contributed by atoms with Crippen LogP contribution in [0.1, 0.15) is 11.4 Å². The van der Waals surface area contributed by atoms with Crippen LogP contribution in [-0.2, 0) is 0 Å². The lowest BCUT2D eigenvalue weighted by atomic mass is 10.2. The maximum Gasteiger partial charge on any atom is 0.298 e. The highest BCUT2D eigenvalue weighted by Gasteiger charge is 2.25. The zero-order valence-corrected chi connectivity index (χ0v) is 10.4. The molecule has 3 rings (SSSR count). The molecule has 0 unspecified atom stereocenters. The molecule has 0 radical (unpaired) electrons. The Morgan fingerprint density at radius 3 is 2.53 bits per heavy atom. The molecule has 0 bridgehead atoms. The number of rotatable bonds is 2. The standard InChI is InChI=1S/C12H11N3O4/c1-7-3-8(2)14(13-7)9-4-11-12(19-6-18-11)5-10(9)15(16)17/h3-5H,6H2,1-2H3. The molecule has 7 nitrogen and oxygen atoms in total. The second-order valence-corrected chi connectivity index (χ2v) is 4.29.